The Morgan fingerprint density at radius 1 is 1.35 bits per heavy atom. The third-order valence-corrected chi connectivity index (χ3v) is 5.70. The highest BCUT2D eigenvalue weighted by atomic mass is 35.5. The van der Waals surface area contributed by atoms with Gasteiger partial charge in [-0.15, -0.1) is 11.3 Å². The molecule has 1 aliphatic heterocycles. The maximum absolute atomic E-state index is 12.5. The zero-order valence-corrected chi connectivity index (χ0v) is 15.9. The van der Waals surface area contributed by atoms with Gasteiger partial charge in [-0.1, -0.05) is 23.7 Å². The van der Waals surface area contributed by atoms with Crippen LogP contribution in [0.3, 0.4) is 0 Å². The average molecular weight is 390 g/mol. The van der Waals surface area contributed by atoms with Crippen molar-refractivity contribution >= 4 is 33.8 Å². The Kier molecular flexibility index (Phi) is 5.24. The van der Waals surface area contributed by atoms with Gasteiger partial charge in [0.25, 0.3) is 5.91 Å². The number of halogens is 1. The number of hydrogen-bond donors (Lipinski definition) is 1. The van der Waals surface area contributed by atoms with Gasteiger partial charge in [-0.2, -0.15) is 0 Å². The molecule has 1 N–H and O–H groups in total. The van der Waals surface area contributed by atoms with Crippen molar-refractivity contribution in [3.05, 3.63) is 46.6 Å². The van der Waals surface area contributed by atoms with Crippen LogP contribution in [0.15, 0.2) is 35.8 Å². The predicted molar refractivity (Wildman–Crippen MR) is 104 cm³/mol. The van der Waals surface area contributed by atoms with E-state index in [9.17, 15) is 4.79 Å². The topological polar surface area (TPSA) is 55.6 Å². The number of carbonyl (C=O) groups is 1. The zero-order chi connectivity index (χ0) is 17.9. The molecule has 3 heterocycles. The highest BCUT2D eigenvalue weighted by molar-refractivity contribution is 7.15. The van der Waals surface area contributed by atoms with Crippen LogP contribution < -0.4 is 5.32 Å². The fraction of sp³-hybridized carbons (Fsp3) is 0.368. The molecule has 1 saturated heterocycles. The number of benzene rings is 1. The van der Waals surface area contributed by atoms with E-state index in [-0.39, 0.29) is 12.0 Å². The van der Waals surface area contributed by atoms with E-state index in [1.54, 1.807) is 0 Å². The molecule has 0 unspecified atom stereocenters. The predicted octanol–water partition coefficient (Wildman–Crippen LogP) is 4.41. The number of ether oxygens (including phenoxy) is 1. The van der Waals surface area contributed by atoms with Crippen molar-refractivity contribution in [2.45, 2.75) is 31.8 Å². The van der Waals surface area contributed by atoms with Gasteiger partial charge in [0.15, 0.2) is 4.96 Å². The molecule has 0 saturated carbocycles. The standard InChI is InChI=1S/C19H20ClN3O2S/c20-14-6-4-13(5-7-14)16-11-23-17(12-26-19(23)22-16)18(24)21-9-8-15-3-1-2-10-25-15/h4-7,11-12,15H,1-3,8-10H2,(H,21,24)/t15-/m1/s1. The van der Waals surface area contributed by atoms with E-state index < -0.39 is 0 Å². The fourth-order valence-corrected chi connectivity index (χ4v) is 4.16. The van der Waals surface area contributed by atoms with Crippen molar-refractivity contribution in [2.24, 2.45) is 0 Å². The molecule has 0 radical (unpaired) electrons. The van der Waals surface area contributed by atoms with Gasteiger partial charge in [-0.25, -0.2) is 4.98 Å². The lowest BCUT2D eigenvalue weighted by atomic mass is 10.1. The molecule has 1 atom stereocenters. The minimum absolute atomic E-state index is 0.0767. The van der Waals surface area contributed by atoms with Crippen LogP contribution in [0.2, 0.25) is 5.02 Å². The summed E-state index contributed by atoms with van der Waals surface area (Å²) >= 11 is 7.41. The van der Waals surface area contributed by atoms with Crippen LogP contribution >= 0.6 is 22.9 Å². The van der Waals surface area contributed by atoms with E-state index in [1.807, 2.05) is 40.2 Å². The molecule has 26 heavy (non-hydrogen) atoms. The van der Waals surface area contributed by atoms with E-state index in [0.29, 0.717) is 17.3 Å². The van der Waals surface area contributed by atoms with Crippen molar-refractivity contribution in [3.8, 4) is 11.3 Å². The van der Waals surface area contributed by atoms with Gasteiger partial charge in [0.1, 0.15) is 5.69 Å². The van der Waals surface area contributed by atoms with Gasteiger partial charge in [0, 0.05) is 35.3 Å². The number of nitrogens with zero attached hydrogens (tertiary/aromatic N) is 2. The number of amides is 1. The first-order valence-corrected chi connectivity index (χ1v) is 10.1. The smallest absolute Gasteiger partial charge is 0.269 e. The Bertz CT molecular complexity index is 897. The van der Waals surface area contributed by atoms with Crippen LogP contribution in [0.4, 0.5) is 0 Å². The molecule has 4 rings (SSSR count). The number of rotatable bonds is 5. The lowest BCUT2D eigenvalue weighted by Crippen LogP contribution is -2.30. The third-order valence-electron chi connectivity index (χ3n) is 4.61. The minimum Gasteiger partial charge on any atom is -0.378 e. The van der Waals surface area contributed by atoms with Crippen LogP contribution in [-0.4, -0.2) is 34.5 Å². The molecule has 1 aromatic carbocycles. The van der Waals surface area contributed by atoms with Crippen LogP contribution in [0, 0.1) is 0 Å². The highest BCUT2D eigenvalue weighted by Gasteiger charge is 2.17. The molecule has 136 valence electrons. The van der Waals surface area contributed by atoms with Gasteiger partial charge in [0.2, 0.25) is 0 Å². The second-order valence-corrected chi connectivity index (χ2v) is 7.71. The summed E-state index contributed by atoms with van der Waals surface area (Å²) in [7, 11) is 0. The van der Waals surface area contributed by atoms with E-state index >= 15 is 0 Å². The summed E-state index contributed by atoms with van der Waals surface area (Å²) in [6.45, 7) is 1.46. The molecular weight excluding hydrogens is 370 g/mol. The molecule has 2 aromatic heterocycles. The summed E-state index contributed by atoms with van der Waals surface area (Å²) in [4.78, 5) is 17.9. The number of aromatic nitrogens is 2. The molecule has 0 bridgehead atoms. The second-order valence-electron chi connectivity index (χ2n) is 6.44. The quantitative estimate of drug-likeness (QED) is 0.703. The van der Waals surface area contributed by atoms with E-state index in [1.165, 1.54) is 17.8 Å². The van der Waals surface area contributed by atoms with Crippen molar-refractivity contribution < 1.29 is 9.53 Å². The first-order chi connectivity index (χ1) is 12.7. The molecule has 1 fully saturated rings. The minimum atomic E-state index is -0.0767. The van der Waals surface area contributed by atoms with Crippen LogP contribution in [0.25, 0.3) is 16.2 Å². The Balaban J connectivity index is 1.44. The number of nitrogens with one attached hydrogen (secondary N) is 1. The Morgan fingerprint density at radius 2 is 2.19 bits per heavy atom. The van der Waals surface area contributed by atoms with E-state index in [4.69, 9.17) is 16.3 Å². The maximum atomic E-state index is 12.5. The summed E-state index contributed by atoms with van der Waals surface area (Å²) in [5.41, 5.74) is 2.42. The Labute approximate surface area is 161 Å². The average Bonchev–Trinajstić information content (AvgIpc) is 3.24. The van der Waals surface area contributed by atoms with Gasteiger partial charge >= 0.3 is 0 Å². The molecule has 0 aliphatic carbocycles. The number of hydrogen-bond acceptors (Lipinski definition) is 4. The van der Waals surface area contributed by atoms with Crippen molar-refractivity contribution in [3.63, 3.8) is 0 Å². The maximum Gasteiger partial charge on any atom is 0.269 e. The highest BCUT2D eigenvalue weighted by Crippen LogP contribution is 2.25. The molecular formula is C19H20ClN3O2S. The molecule has 0 spiro atoms. The van der Waals surface area contributed by atoms with Crippen molar-refractivity contribution in [1.29, 1.82) is 0 Å². The van der Waals surface area contributed by atoms with Crippen LogP contribution in [-0.2, 0) is 4.74 Å². The first kappa shape index (κ1) is 17.5. The van der Waals surface area contributed by atoms with Gasteiger partial charge in [-0.05, 0) is 37.8 Å². The van der Waals surface area contributed by atoms with Gasteiger partial charge < -0.3 is 10.1 Å². The monoisotopic (exact) mass is 389 g/mol. The third kappa shape index (κ3) is 3.77. The fourth-order valence-electron chi connectivity index (χ4n) is 3.18. The molecule has 7 heteroatoms. The molecule has 1 amide bonds. The van der Waals surface area contributed by atoms with Crippen LogP contribution in [0.1, 0.15) is 36.2 Å². The summed E-state index contributed by atoms with van der Waals surface area (Å²) in [5, 5.41) is 5.54. The number of fused-ring (bicyclic) bond motifs is 1. The Hall–Kier alpha value is -1.89. The van der Waals surface area contributed by atoms with Crippen molar-refractivity contribution in [2.75, 3.05) is 13.2 Å². The summed E-state index contributed by atoms with van der Waals surface area (Å²) in [5.74, 6) is -0.0767. The molecule has 3 aromatic rings. The van der Waals surface area contributed by atoms with E-state index in [0.717, 1.165) is 42.1 Å². The summed E-state index contributed by atoms with van der Waals surface area (Å²) in [6, 6.07) is 7.54. The molecule has 1 aliphatic rings. The molecule has 5 nitrogen and oxygen atoms in total. The van der Waals surface area contributed by atoms with Gasteiger partial charge in [0.05, 0.1) is 11.8 Å². The Morgan fingerprint density at radius 3 is 2.96 bits per heavy atom. The number of imidazole rings is 1. The SMILES string of the molecule is O=C(NCC[C@H]1CCCCO1)c1csc2nc(-c3ccc(Cl)cc3)cn12. The summed E-state index contributed by atoms with van der Waals surface area (Å²) in [6.07, 6.45) is 6.48. The summed E-state index contributed by atoms with van der Waals surface area (Å²) < 4.78 is 7.56. The zero-order valence-electron chi connectivity index (χ0n) is 14.3. The number of carbonyl (C=O) groups excluding carboxylic acids is 1. The van der Waals surface area contributed by atoms with Gasteiger partial charge in [-0.3, -0.25) is 9.20 Å². The largest absolute Gasteiger partial charge is 0.378 e. The normalized spacial score (nSPS) is 17.5. The van der Waals surface area contributed by atoms with E-state index in [2.05, 4.69) is 10.3 Å². The van der Waals surface area contributed by atoms with Crippen LogP contribution in [0.5, 0.6) is 0 Å². The lowest BCUT2D eigenvalue weighted by Gasteiger charge is -2.22. The second kappa shape index (κ2) is 7.78. The lowest BCUT2D eigenvalue weighted by molar-refractivity contribution is 0.0117. The van der Waals surface area contributed by atoms with Crippen molar-refractivity contribution in [1.82, 2.24) is 14.7 Å². The first-order valence-electron chi connectivity index (χ1n) is 8.83. The number of thiazole rings is 1.